The summed E-state index contributed by atoms with van der Waals surface area (Å²) in [6, 6.07) is 9.62. The van der Waals surface area contributed by atoms with Crippen LogP contribution in [0.2, 0.25) is 5.02 Å². The van der Waals surface area contributed by atoms with Crippen molar-refractivity contribution in [2.45, 2.75) is 32.6 Å². The van der Waals surface area contributed by atoms with Crippen LogP contribution in [-0.2, 0) is 6.42 Å². The number of carbonyl (C=O) groups is 1. The van der Waals surface area contributed by atoms with Crippen molar-refractivity contribution in [1.29, 1.82) is 0 Å². The van der Waals surface area contributed by atoms with E-state index in [0.717, 1.165) is 22.6 Å². The zero-order valence-corrected chi connectivity index (χ0v) is 14.8. The van der Waals surface area contributed by atoms with Gasteiger partial charge in [-0.15, -0.1) is 0 Å². The predicted octanol–water partition coefficient (Wildman–Crippen LogP) is 3.85. The number of hydrogen-bond donors (Lipinski definition) is 0. The Labute approximate surface area is 150 Å². The molecule has 4 rings (SSSR count). The molecule has 126 valence electrons. The smallest absolute Gasteiger partial charge is 0.251 e. The molecule has 1 aliphatic rings. The summed E-state index contributed by atoms with van der Waals surface area (Å²) in [5.74, 6) is 0.695. The van der Waals surface area contributed by atoms with Crippen LogP contribution in [0.4, 0.5) is 0 Å². The molecule has 0 saturated carbocycles. The minimum Gasteiger partial charge on any atom is -0.294 e. The van der Waals surface area contributed by atoms with Crippen molar-refractivity contribution in [2.75, 3.05) is 0 Å². The van der Waals surface area contributed by atoms with Gasteiger partial charge in [-0.2, -0.15) is 5.10 Å². The highest BCUT2D eigenvalue weighted by Crippen LogP contribution is 2.34. The fourth-order valence-corrected chi connectivity index (χ4v) is 3.61. The van der Waals surface area contributed by atoms with Crippen LogP contribution in [0.5, 0.6) is 0 Å². The van der Waals surface area contributed by atoms with Gasteiger partial charge >= 0.3 is 0 Å². The van der Waals surface area contributed by atoms with Gasteiger partial charge in [-0.1, -0.05) is 23.7 Å². The lowest BCUT2D eigenvalue weighted by Crippen LogP contribution is -2.21. The van der Waals surface area contributed by atoms with Crippen LogP contribution in [0.15, 0.2) is 36.5 Å². The van der Waals surface area contributed by atoms with Crippen LogP contribution in [0.1, 0.15) is 45.3 Å². The highest BCUT2D eigenvalue weighted by atomic mass is 35.5. The third-order valence-corrected chi connectivity index (χ3v) is 4.76. The average molecular weight is 353 g/mol. The molecule has 3 aromatic rings. The molecule has 0 bridgehead atoms. The van der Waals surface area contributed by atoms with Crippen molar-refractivity contribution in [2.24, 2.45) is 0 Å². The molecule has 5 nitrogen and oxygen atoms in total. The number of benzene rings is 1. The summed E-state index contributed by atoms with van der Waals surface area (Å²) < 4.78 is 1.70. The zero-order chi connectivity index (χ0) is 17.6. The molecule has 0 N–H and O–H groups in total. The minimum atomic E-state index is 0.0834. The molecule has 0 saturated heterocycles. The molecule has 1 aliphatic carbocycles. The fourth-order valence-electron chi connectivity index (χ4n) is 3.41. The number of rotatable bonds is 2. The maximum absolute atomic E-state index is 12.6. The predicted molar refractivity (Wildman–Crippen MR) is 95.5 cm³/mol. The van der Waals surface area contributed by atoms with Crippen LogP contribution in [0, 0.1) is 13.8 Å². The molecule has 0 spiro atoms. The average Bonchev–Trinajstić information content (AvgIpc) is 2.98. The molecule has 0 fully saturated rings. The number of Topliss-reactive ketones (excluding diaryl/α,β-unsaturated/α-hetero) is 1. The monoisotopic (exact) mass is 352 g/mol. The van der Waals surface area contributed by atoms with Gasteiger partial charge in [-0.3, -0.25) is 4.79 Å². The molecule has 2 aromatic heterocycles. The molecule has 1 atom stereocenters. The van der Waals surface area contributed by atoms with E-state index in [1.807, 2.05) is 44.2 Å². The van der Waals surface area contributed by atoms with Gasteiger partial charge in [-0.25, -0.2) is 14.6 Å². The maximum atomic E-state index is 12.6. The van der Waals surface area contributed by atoms with E-state index in [1.54, 1.807) is 10.9 Å². The van der Waals surface area contributed by atoms with Crippen molar-refractivity contribution < 1.29 is 4.79 Å². The van der Waals surface area contributed by atoms with Gasteiger partial charge in [0.05, 0.1) is 17.5 Å². The van der Waals surface area contributed by atoms with E-state index in [2.05, 4.69) is 15.1 Å². The molecule has 6 heteroatoms. The summed E-state index contributed by atoms with van der Waals surface area (Å²) in [4.78, 5) is 21.6. The van der Waals surface area contributed by atoms with E-state index in [0.29, 0.717) is 29.4 Å². The summed E-state index contributed by atoms with van der Waals surface area (Å²) in [5, 5.41) is 5.07. The summed E-state index contributed by atoms with van der Waals surface area (Å²) in [6.07, 6.45) is 2.80. The molecule has 0 unspecified atom stereocenters. The molecule has 25 heavy (non-hydrogen) atoms. The number of ketones is 1. The number of fused-ring (bicyclic) bond motifs is 1. The minimum absolute atomic E-state index is 0.0834. The van der Waals surface area contributed by atoms with Crippen molar-refractivity contribution in [3.8, 4) is 5.95 Å². The van der Waals surface area contributed by atoms with Crippen LogP contribution < -0.4 is 0 Å². The Kier molecular flexibility index (Phi) is 3.88. The van der Waals surface area contributed by atoms with E-state index in [-0.39, 0.29) is 11.7 Å². The van der Waals surface area contributed by atoms with E-state index in [9.17, 15) is 4.79 Å². The lowest BCUT2D eigenvalue weighted by molar-refractivity contribution is 0.0963. The van der Waals surface area contributed by atoms with E-state index >= 15 is 0 Å². The van der Waals surface area contributed by atoms with Crippen molar-refractivity contribution in [3.63, 3.8) is 0 Å². The molecular weight excluding hydrogens is 336 g/mol. The fraction of sp³-hybridized carbons (Fsp3) is 0.263. The second-order valence-corrected chi connectivity index (χ2v) is 6.89. The first kappa shape index (κ1) is 16.0. The van der Waals surface area contributed by atoms with Gasteiger partial charge in [0.15, 0.2) is 5.78 Å². The first-order valence-electron chi connectivity index (χ1n) is 8.19. The normalized spacial score (nSPS) is 16.8. The Morgan fingerprint density at radius 3 is 2.60 bits per heavy atom. The number of aryl methyl sites for hydroxylation is 2. The van der Waals surface area contributed by atoms with Crippen LogP contribution in [-0.4, -0.2) is 25.5 Å². The standard InChI is InChI=1S/C19H17ClN4O/c1-11-6-12(2)23-19(22-11)24-17-8-14(9-18(25)16(17)10-21-24)13-4-3-5-15(20)7-13/h3-7,10,14H,8-9H2,1-2H3/t14-/m0/s1. The molecule has 0 aliphatic heterocycles. The number of carbonyl (C=O) groups excluding carboxylic acids is 1. The van der Waals surface area contributed by atoms with Crippen molar-refractivity contribution in [1.82, 2.24) is 19.7 Å². The largest absolute Gasteiger partial charge is 0.294 e. The lowest BCUT2D eigenvalue weighted by Gasteiger charge is -2.22. The SMILES string of the molecule is Cc1cc(C)nc(-n2ncc3c2C[C@H](c2cccc(Cl)c2)CC3=O)n1. The van der Waals surface area contributed by atoms with Gasteiger partial charge < -0.3 is 0 Å². The van der Waals surface area contributed by atoms with Gasteiger partial charge in [0.1, 0.15) is 0 Å². The first-order chi connectivity index (χ1) is 12.0. The molecule has 0 radical (unpaired) electrons. The summed E-state index contributed by atoms with van der Waals surface area (Å²) in [5.41, 5.74) is 4.36. The zero-order valence-electron chi connectivity index (χ0n) is 14.0. The Balaban J connectivity index is 1.77. The number of nitrogens with zero attached hydrogens (tertiary/aromatic N) is 4. The van der Waals surface area contributed by atoms with Crippen molar-refractivity contribution >= 4 is 17.4 Å². The van der Waals surface area contributed by atoms with Crippen LogP contribution >= 0.6 is 11.6 Å². The highest BCUT2D eigenvalue weighted by Gasteiger charge is 2.30. The second kappa shape index (κ2) is 6.08. The lowest BCUT2D eigenvalue weighted by atomic mass is 9.82. The summed E-state index contributed by atoms with van der Waals surface area (Å²) in [7, 11) is 0. The van der Waals surface area contributed by atoms with Gasteiger partial charge in [0.25, 0.3) is 5.95 Å². The third kappa shape index (κ3) is 2.96. The number of hydrogen-bond acceptors (Lipinski definition) is 4. The molecule has 2 heterocycles. The quantitative estimate of drug-likeness (QED) is 0.703. The van der Waals surface area contributed by atoms with Gasteiger partial charge in [-0.05, 0) is 49.9 Å². The second-order valence-electron chi connectivity index (χ2n) is 6.45. The van der Waals surface area contributed by atoms with E-state index < -0.39 is 0 Å². The topological polar surface area (TPSA) is 60.7 Å². The molecular formula is C19H17ClN4O. The number of aromatic nitrogens is 4. The van der Waals surface area contributed by atoms with Crippen LogP contribution in [0.25, 0.3) is 5.95 Å². The van der Waals surface area contributed by atoms with Gasteiger partial charge in [0, 0.05) is 22.8 Å². The Morgan fingerprint density at radius 1 is 1.12 bits per heavy atom. The van der Waals surface area contributed by atoms with Crippen LogP contribution in [0.3, 0.4) is 0 Å². The van der Waals surface area contributed by atoms with E-state index in [1.165, 1.54) is 0 Å². The Morgan fingerprint density at radius 2 is 1.88 bits per heavy atom. The highest BCUT2D eigenvalue weighted by molar-refractivity contribution is 6.30. The molecule has 0 amide bonds. The summed E-state index contributed by atoms with van der Waals surface area (Å²) in [6.45, 7) is 3.85. The van der Waals surface area contributed by atoms with Crippen molar-refractivity contribution in [3.05, 3.63) is 69.8 Å². The first-order valence-corrected chi connectivity index (χ1v) is 8.57. The maximum Gasteiger partial charge on any atom is 0.251 e. The Hall–Kier alpha value is -2.53. The third-order valence-electron chi connectivity index (χ3n) is 4.52. The molecule has 1 aromatic carbocycles. The van der Waals surface area contributed by atoms with E-state index in [4.69, 9.17) is 11.6 Å². The van der Waals surface area contributed by atoms with Gasteiger partial charge in [0.2, 0.25) is 0 Å². The Bertz CT molecular complexity index is 959. The number of halogens is 1. The summed E-state index contributed by atoms with van der Waals surface area (Å²) >= 11 is 6.12.